The Hall–Kier alpha value is -0.900. The topological polar surface area (TPSA) is 26.7 Å². The molecule has 3 heteroatoms. The summed E-state index contributed by atoms with van der Waals surface area (Å²) in [7, 11) is 8.39. The van der Waals surface area contributed by atoms with E-state index in [1.807, 2.05) is 18.2 Å². The van der Waals surface area contributed by atoms with Gasteiger partial charge in [-0.1, -0.05) is 36.8 Å². The molecule has 2 rings (SSSR count). The van der Waals surface area contributed by atoms with Crippen LogP contribution in [0, 0.1) is 11.8 Å². The fourth-order valence-corrected chi connectivity index (χ4v) is 3.90. The second kappa shape index (κ2) is 6.91. The van der Waals surface area contributed by atoms with Crippen molar-refractivity contribution in [3.63, 3.8) is 0 Å². The third kappa shape index (κ3) is 3.65. The number of hydrogen-bond acceptors (Lipinski definition) is 3. The molecular formula is C18H30N2O. The zero-order valence-electron chi connectivity index (χ0n) is 13.9. The van der Waals surface area contributed by atoms with Gasteiger partial charge in [0.15, 0.2) is 0 Å². The second-order valence-electron chi connectivity index (χ2n) is 7.04. The van der Waals surface area contributed by atoms with Crippen LogP contribution in [0.5, 0.6) is 0 Å². The van der Waals surface area contributed by atoms with Gasteiger partial charge in [0, 0.05) is 24.9 Å². The van der Waals surface area contributed by atoms with Crippen LogP contribution in [0.1, 0.15) is 24.8 Å². The van der Waals surface area contributed by atoms with Crippen LogP contribution in [0.15, 0.2) is 30.3 Å². The molecule has 0 bridgehead atoms. The molecule has 0 aliphatic heterocycles. The molecule has 0 spiro atoms. The van der Waals surface area contributed by atoms with Crippen molar-refractivity contribution in [2.75, 3.05) is 41.3 Å². The van der Waals surface area contributed by atoms with Gasteiger partial charge in [0.05, 0.1) is 5.60 Å². The van der Waals surface area contributed by atoms with Crippen LogP contribution in [-0.4, -0.2) is 56.2 Å². The summed E-state index contributed by atoms with van der Waals surface area (Å²) in [5.74, 6) is 0.599. The molecule has 1 aliphatic rings. The summed E-state index contributed by atoms with van der Waals surface area (Å²) >= 11 is 0. The molecular weight excluding hydrogens is 260 g/mol. The fraction of sp³-hybridized carbons (Fsp3) is 0.667. The van der Waals surface area contributed by atoms with Gasteiger partial charge in [-0.3, -0.25) is 0 Å². The van der Waals surface area contributed by atoms with E-state index in [0.717, 1.165) is 31.5 Å². The average Bonchev–Trinajstić information content (AvgIpc) is 2.43. The third-order valence-electron chi connectivity index (χ3n) is 4.76. The van der Waals surface area contributed by atoms with E-state index < -0.39 is 5.60 Å². The first kappa shape index (κ1) is 16.5. The van der Waals surface area contributed by atoms with E-state index in [1.54, 1.807) is 0 Å². The molecule has 21 heavy (non-hydrogen) atoms. The summed E-state index contributed by atoms with van der Waals surface area (Å²) < 4.78 is 0. The molecule has 0 radical (unpaired) electrons. The molecule has 1 fully saturated rings. The van der Waals surface area contributed by atoms with Gasteiger partial charge in [0.1, 0.15) is 0 Å². The van der Waals surface area contributed by atoms with Crippen molar-refractivity contribution < 1.29 is 5.11 Å². The minimum atomic E-state index is -0.714. The van der Waals surface area contributed by atoms with Crippen LogP contribution in [0.25, 0.3) is 0 Å². The van der Waals surface area contributed by atoms with E-state index in [-0.39, 0.29) is 0 Å². The molecule has 1 saturated carbocycles. The normalized spacial score (nSPS) is 30.0. The maximum atomic E-state index is 11.7. The minimum absolute atomic E-state index is 0.300. The second-order valence-corrected chi connectivity index (χ2v) is 7.04. The molecule has 1 N–H and O–H groups in total. The van der Waals surface area contributed by atoms with Gasteiger partial charge in [-0.2, -0.15) is 0 Å². The van der Waals surface area contributed by atoms with Gasteiger partial charge < -0.3 is 14.9 Å². The van der Waals surface area contributed by atoms with Crippen LogP contribution in [-0.2, 0) is 5.60 Å². The third-order valence-corrected chi connectivity index (χ3v) is 4.76. The zero-order chi connectivity index (χ0) is 15.5. The Bertz CT molecular complexity index is 412. The van der Waals surface area contributed by atoms with Gasteiger partial charge in [0.2, 0.25) is 0 Å². The first-order valence-corrected chi connectivity index (χ1v) is 8.02. The highest BCUT2D eigenvalue weighted by molar-refractivity contribution is 5.25. The van der Waals surface area contributed by atoms with Crippen molar-refractivity contribution in [3.05, 3.63) is 35.9 Å². The molecule has 3 nitrogen and oxygen atoms in total. The molecule has 0 saturated heterocycles. The van der Waals surface area contributed by atoms with Crippen LogP contribution < -0.4 is 0 Å². The quantitative estimate of drug-likeness (QED) is 0.902. The van der Waals surface area contributed by atoms with E-state index in [9.17, 15) is 5.11 Å². The molecule has 118 valence electrons. The van der Waals surface area contributed by atoms with Crippen molar-refractivity contribution in [3.8, 4) is 0 Å². The lowest BCUT2D eigenvalue weighted by Crippen LogP contribution is -2.51. The summed E-state index contributed by atoms with van der Waals surface area (Å²) in [5, 5.41) is 11.7. The van der Waals surface area contributed by atoms with Gasteiger partial charge in [0.25, 0.3) is 0 Å². The zero-order valence-corrected chi connectivity index (χ0v) is 13.9. The smallest absolute Gasteiger partial charge is 0.0976 e. The summed E-state index contributed by atoms with van der Waals surface area (Å²) in [6.45, 7) is 1.88. The molecule has 0 amide bonds. The number of aliphatic hydroxyl groups is 1. The maximum Gasteiger partial charge on any atom is 0.0976 e. The summed E-state index contributed by atoms with van der Waals surface area (Å²) in [6.07, 6.45) is 3.42. The highest BCUT2D eigenvalue weighted by Gasteiger charge is 2.47. The Kier molecular flexibility index (Phi) is 5.42. The van der Waals surface area contributed by atoms with Crippen molar-refractivity contribution in [2.24, 2.45) is 11.8 Å². The lowest BCUT2D eigenvalue weighted by Gasteiger charge is -2.48. The molecule has 1 aromatic carbocycles. The van der Waals surface area contributed by atoms with Crippen molar-refractivity contribution >= 4 is 0 Å². The summed E-state index contributed by atoms with van der Waals surface area (Å²) in [4.78, 5) is 4.41. The van der Waals surface area contributed by atoms with Gasteiger partial charge in [-0.25, -0.2) is 0 Å². The van der Waals surface area contributed by atoms with Crippen molar-refractivity contribution in [1.82, 2.24) is 9.80 Å². The van der Waals surface area contributed by atoms with Gasteiger partial charge in [-0.15, -0.1) is 0 Å². The van der Waals surface area contributed by atoms with Gasteiger partial charge in [-0.05, 0) is 46.6 Å². The van der Waals surface area contributed by atoms with Crippen LogP contribution in [0.2, 0.25) is 0 Å². The molecule has 0 heterocycles. The van der Waals surface area contributed by atoms with E-state index >= 15 is 0 Å². The number of hydrogen-bond donors (Lipinski definition) is 1. The highest BCUT2D eigenvalue weighted by Crippen LogP contribution is 2.46. The molecule has 1 aliphatic carbocycles. The molecule has 2 unspecified atom stereocenters. The Balaban J connectivity index is 2.37. The van der Waals surface area contributed by atoms with E-state index in [0.29, 0.717) is 11.8 Å². The number of rotatable bonds is 5. The predicted octanol–water partition coefficient (Wildman–Crippen LogP) is 2.41. The van der Waals surface area contributed by atoms with Gasteiger partial charge >= 0.3 is 0 Å². The predicted molar refractivity (Wildman–Crippen MR) is 88.3 cm³/mol. The minimum Gasteiger partial charge on any atom is -0.384 e. The number of nitrogens with zero attached hydrogens (tertiary/aromatic N) is 2. The Morgan fingerprint density at radius 3 is 1.86 bits per heavy atom. The maximum absolute atomic E-state index is 11.7. The average molecular weight is 290 g/mol. The fourth-order valence-electron chi connectivity index (χ4n) is 3.90. The lowest BCUT2D eigenvalue weighted by atomic mass is 9.64. The van der Waals surface area contributed by atoms with E-state index in [2.05, 4.69) is 50.1 Å². The number of benzene rings is 1. The van der Waals surface area contributed by atoms with Crippen LogP contribution >= 0.6 is 0 Å². The van der Waals surface area contributed by atoms with E-state index in [1.165, 1.54) is 6.42 Å². The summed E-state index contributed by atoms with van der Waals surface area (Å²) in [6, 6.07) is 10.3. The summed E-state index contributed by atoms with van der Waals surface area (Å²) in [5.41, 5.74) is 0.372. The largest absolute Gasteiger partial charge is 0.384 e. The van der Waals surface area contributed by atoms with Crippen LogP contribution in [0.3, 0.4) is 0 Å². The Morgan fingerprint density at radius 2 is 1.43 bits per heavy atom. The SMILES string of the molecule is CN(C)CC1CCCC(CN(C)C)C1(O)c1ccccc1. The molecule has 0 aromatic heterocycles. The Morgan fingerprint density at radius 1 is 0.952 bits per heavy atom. The van der Waals surface area contributed by atoms with Crippen LogP contribution in [0.4, 0.5) is 0 Å². The standard InChI is InChI=1S/C18H30N2O/c1-19(2)13-16-11-8-12-17(14-20(3)4)18(16,21)15-9-6-5-7-10-15/h5-7,9-10,16-17,21H,8,11-14H2,1-4H3. The first-order chi connectivity index (χ1) is 9.94. The lowest BCUT2D eigenvalue weighted by molar-refractivity contribution is -0.113. The first-order valence-electron chi connectivity index (χ1n) is 8.02. The highest BCUT2D eigenvalue weighted by atomic mass is 16.3. The van der Waals surface area contributed by atoms with Crippen molar-refractivity contribution in [1.29, 1.82) is 0 Å². The molecule has 1 aromatic rings. The van der Waals surface area contributed by atoms with Crippen molar-refractivity contribution in [2.45, 2.75) is 24.9 Å². The monoisotopic (exact) mass is 290 g/mol. The Labute approximate surface area is 129 Å². The van der Waals surface area contributed by atoms with E-state index in [4.69, 9.17) is 0 Å². The molecule has 2 atom stereocenters.